The minimum atomic E-state index is -4.64. The molecule has 4 aromatic rings. The summed E-state index contributed by atoms with van der Waals surface area (Å²) in [4.78, 5) is 16.6. The van der Waals surface area contributed by atoms with Crippen LogP contribution in [-0.4, -0.2) is 20.6 Å². The number of hydrogen-bond donors (Lipinski definition) is 3. The fraction of sp³-hybridized carbons (Fsp3) is 0.125. The quantitative estimate of drug-likeness (QED) is 0.153. The van der Waals surface area contributed by atoms with Gasteiger partial charge >= 0.3 is 12.4 Å². The average molecular weight is 572 g/mol. The third-order valence-electron chi connectivity index (χ3n) is 5.25. The molecule has 0 spiro atoms. The van der Waals surface area contributed by atoms with E-state index in [2.05, 4.69) is 21.2 Å². The summed E-state index contributed by atoms with van der Waals surface area (Å²) in [5.74, 6) is -0.608. The number of pyridine rings is 1. The summed E-state index contributed by atoms with van der Waals surface area (Å²) in [6.07, 6.45) is -8.79. The summed E-state index contributed by atoms with van der Waals surface area (Å²) in [6, 6.07) is 13.6. The molecule has 14 heteroatoms. The summed E-state index contributed by atoms with van der Waals surface area (Å²) in [5.41, 5.74) is 3.80. The third-order valence-corrected chi connectivity index (χ3v) is 5.74. The van der Waals surface area contributed by atoms with Gasteiger partial charge in [0.1, 0.15) is 0 Å². The molecule has 38 heavy (non-hydrogen) atoms. The number of carbonyl (C=O) groups is 1. The summed E-state index contributed by atoms with van der Waals surface area (Å²) in [5, 5.41) is 2.78. The molecule has 2 aromatic carbocycles. The molecule has 198 valence electrons. The number of hydrazine groups is 1. The van der Waals surface area contributed by atoms with Gasteiger partial charge in [0.05, 0.1) is 28.1 Å². The lowest BCUT2D eigenvalue weighted by molar-refractivity contribution is -0.138. The Kier molecular flexibility index (Phi) is 7.51. The lowest BCUT2D eigenvalue weighted by atomic mass is 10.2. The average Bonchev–Trinajstić information content (AvgIpc) is 3.19. The maximum absolute atomic E-state index is 13.1. The highest BCUT2D eigenvalue weighted by molar-refractivity contribution is 7.80. The number of nitrogens with one attached hydrogen (secondary N) is 3. The van der Waals surface area contributed by atoms with E-state index in [0.29, 0.717) is 22.8 Å². The van der Waals surface area contributed by atoms with E-state index < -0.39 is 29.4 Å². The van der Waals surface area contributed by atoms with Crippen LogP contribution in [0.15, 0.2) is 66.9 Å². The molecule has 0 fully saturated rings. The van der Waals surface area contributed by atoms with Crippen LogP contribution in [0.4, 0.5) is 32.0 Å². The Morgan fingerprint density at radius 3 is 2.32 bits per heavy atom. The Morgan fingerprint density at radius 2 is 1.63 bits per heavy atom. The van der Waals surface area contributed by atoms with Crippen molar-refractivity contribution in [1.82, 2.24) is 20.4 Å². The van der Waals surface area contributed by atoms with Gasteiger partial charge in [0.2, 0.25) is 5.91 Å². The zero-order valence-electron chi connectivity index (χ0n) is 18.9. The van der Waals surface area contributed by atoms with Crippen LogP contribution in [0.1, 0.15) is 16.8 Å². The van der Waals surface area contributed by atoms with Crippen molar-refractivity contribution >= 4 is 51.4 Å². The van der Waals surface area contributed by atoms with Gasteiger partial charge in [-0.15, -0.1) is 0 Å². The Labute approximate surface area is 221 Å². The van der Waals surface area contributed by atoms with Crippen LogP contribution in [-0.2, 0) is 23.6 Å². The van der Waals surface area contributed by atoms with Gasteiger partial charge in [-0.25, -0.2) is 4.98 Å². The molecule has 0 aliphatic carbocycles. The number of amides is 1. The number of halogens is 7. The zero-order chi connectivity index (χ0) is 27.7. The first-order valence-corrected chi connectivity index (χ1v) is 11.5. The molecular formula is C24H16ClF6N5OS. The van der Waals surface area contributed by atoms with Crippen molar-refractivity contribution in [1.29, 1.82) is 0 Å². The van der Waals surface area contributed by atoms with Gasteiger partial charge in [0, 0.05) is 23.0 Å². The summed E-state index contributed by atoms with van der Waals surface area (Å²) < 4.78 is 79.4. The van der Waals surface area contributed by atoms with Crippen molar-refractivity contribution in [2.24, 2.45) is 0 Å². The number of benzene rings is 2. The number of nitrogens with zero attached hydrogens (tertiary/aromatic N) is 2. The molecule has 6 nitrogen and oxygen atoms in total. The number of fused-ring (bicyclic) bond motifs is 1. The van der Waals surface area contributed by atoms with Gasteiger partial charge in [-0.2, -0.15) is 26.3 Å². The molecule has 2 aromatic heterocycles. The van der Waals surface area contributed by atoms with Gasteiger partial charge < -0.3 is 5.32 Å². The Hall–Kier alpha value is -3.84. The fourth-order valence-electron chi connectivity index (χ4n) is 3.61. The number of carbonyl (C=O) groups excluding carboxylic acids is 1. The first-order valence-electron chi connectivity index (χ1n) is 10.7. The van der Waals surface area contributed by atoms with E-state index in [1.165, 1.54) is 16.7 Å². The number of alkyl halides is 6. The van der Waals surface area contributed by atoms with Crippen molar-refractivity contribution in [3.05, 3.63) is 88.7 Å². The number of para-hydroxylation sites is 1. The Balaban J connectivity index is 1.51. The molecule has 1 amide bonds. The molecule has 0 saturated heterocycles. The SMILES string of the molecule is O=C(Cc1cc2ccccc2n1-c1ncc(C(F)(F)F)cc1Cl)NNC(=S)Nc1cccc(C(F)(F)F)c1. The largest absolute Gasteiger partial charge is 0.417 e. The van der Waals surface area contributed by atoms with Gasteiger partial charge in [-0.1, -0.05) is 35.9 Å². The number of rotatable bonds is 4. The summed E-state index contributed by atoms with van der Waals surface area (Å²) in [6.45, 7) is 0. The molecule has 0 bridgehead atoms. The van der Waals surface area contributed by atoms with Gasteiger partial charge in [-0.3, -0.25) is 20.2 Å². The second kappa shape index (κ2) is 10.5. The van der Waals surface area contributed by atoms with Crippen LogP contribution in [0.5, 0.6) is 0 Å². The van der Waals surface area contributed by atoms with Gasteiger partial charge in [0.25, 0.3) is 0 Å². The van der Waals surface area contributed by atoms with Crippen molar-refractivity contribution in [2.75, 3.05) is 5.32 Å². The highest BCUT2D eigenvalue weighted by atomic mass is 35.5. The highest BCUT2D eigenvalue weighted by Gasteiger charge is 2.32. The number of thiocarbonyl (C=S) groups is 1. The van der Waals surface area contributed by atoms with Crippen LogP contribution >= 0.6 is 23.8 Å². The van der Waals surface area contributed by atoms with E-state index in [1.807, 2.05) is 0 Å². The van der Waals surface area contributed by atoms with Crippen LogP contribution in [0.25, 0.3) is 16.7 Å². The van der Waals surface area contributed by atoms with E-state index in [-0.39, 0.29) is 28.1 Å². The predicted molar refractivity (Wildman–Crippen MR) is 134 cm³/mol. The maximum Gasteiger partial charge on any atom is 0.417 e. The zero-order valence-corrected chi connectivity index (χ0v) is 20.5. The predicted octanol–water partition coefficient (Wildman–Crippen LogP) is 6.28. The normalized spacial score (nSPS) is 11.9. The lowest BCUT2D eigenvalue weighted by Crippen LogP contribution is -2.44. The molecular weight excluding hydrogens is 556 g/mol. The van der Waals surface area contributed by atoms with Crippen molar-refractivity contribution in [3.8, 4) is 5.82 Å². The topological polar surface area (TPSA) is 71.0 Å². The van der Waals surface area contributed by atoms with Crippen molar-refractivity contribution in [2.45, 2.75) is 18.8 Å². The Morgan fingerprint density at radius 1 is 0.921 bits per heavy atom. The van der Waals surface area contributed by atoms with E-state index in [4.69, 9.17) is 23.8 Å². The van der Waals surface area contributed by atoms with Crippen molar-refractivity contribution < 1.29 is 31.1 Å². The van der Waals surface area contributed by atoms with Gasteiger partial charge in [0.15, 0.2) is 10.9 Å². The monoisotopic (exact) mass is 571 g/mol. The first-order chi connectivity index (χ1) is 17.8. The summed E-state index contributed by atoms with van der Waals surface area (Å²) in [7, 11) is 0. The Bertz CT molecular complexity index is 1520. The van der Waals surface area contributed by atoms with E-state index >= 15 is 0 Å². The molecule has 0 aliphatic rings. The third kappa shape index (κ3) is 6.17. The molecule has 0 saturated carbocycles. The van der Waals surface area contributed by atoms with Crippen LogP contribution in [0, 0.1) is 0 Å². The fourth-order valence-corrected chi connectivity index (χ4v) is 4.03. The minimum absolute atomic E-state index is 0.00152. The molecule has 0 atom stereocenters. The van der Waals surface area contributed by atoms with Crippen LogP contribution in [0.3, 0.4) is 0 Å². The molecule has 4 rings (SSSR count). The number of aromatic nitrogens is 2. The maximum atomic E-state index is 13.1. The second-order valence-corrected chi connectivity index (χ2v) is 8.76. The van der Waals surface area contributed by atoms with Crippen LogP contribution in [0.2, 0.25) is 5.02 Å². The molecule has 3 N–H and O–H groups in total. The minimum Gasteiger partial charge on any atom is -0.331 e. The van der Waals surface area contributed by atoms with Gasteiger partial charge in [-0.05, 0) is 48.6 Å². The molecule has 0 unspecified atom stereocenters. The highest BCUT2D eigenvalue weighted by Crippen LogP contribution is 2.34. The number of hydrogen-bond acceptors (Lipinski definition) is 3. The standard InChI is InChI=1S/C24H16ClF6N5OS/c25-18-10-15(24(29,30)31)12-32-21(18)36-17(8-13-4-1-2-7-19(13)36)11-20(37)34-35-22(38)33-16-6-3-5-14(9-16)23(26,27)28/h1-10,12H,11H2,(H,34,37)(H2,33,35,38). The van der Waals surface area contributed by atoms with Crippen molar-refractivity contribution in [3.63, 3.8) is 0 Å². The van der Waals surface area contributed by atoms with Crippen LogP contribution < -0.4 is 16.2 Å². The molecule has 2 heterocycles. The molecule has 0 aliphatic heterocycles. The van der Waals surface area contributed by atoms with E-state index in [9.17, 15) is 31.1 Å². The summed E-state index contributed by atoms with van der Waals surface area (Å²) >= 11 is 11.2. The first kappa shape index (κ1) is 27.2. The van der Waals surface area contributed by atoms with E-state index in [0.717, 1.165) is 18.2 Å². The number of anilines is 1. The van der Waals surface area contributed by atoms with E-state index in [1.54, 1.807) is 30.3 Å². The smallest absolute Gasteiger partial charge is 0.331 e. The second-order valence-electron chi connectivity index (χ2n) is 7.94. The molecule has 0 radical (unpaired) electrons. The lowest BCUT2D eigenvalue weighted by Gasteiger charge is -2.15.